The van der Waals surface area contributed by atoms with Crippen LogP contribution >= 0.6 is 11.6 Å². The molecule has 0 saturated heterocycles. The van der Waals surface area contributed by atoms with Gasteiger partial charge in [-0.15, -0.1) is 0 Å². The van der Waals surface area contributed by atoms with Gasteiger partial charge in [-0.05, 0) is 44.2 Å². The average Bonchev–Trinajstić information content (AvgIpc) is 3.16. The Morgan fingerprint density at radius 1 is 1.00 bits per heavy atom. The van der Waals surface area contributed by atoms with E-state index in [0.29, 0.717) is 44.9 Å². The van der Waals surface area contributed by atoms with Gasteiger partial charge in [-0.3, -0.25) is 4.79 Å². The lowest BCUT2D eigenvalue weighted by molar-refractivity contribution is 0.102. The number of rotatable bonds is 6. The molecule has 0 fully saturated rings. The van der Waals surface area contributed by atoms with Crippen molar-refractivity contribution in [2.45, 2.75) is 13.8 Å². The summed E-state index contributed by atoms with van der Waals surface area (Å²) in [6.45, 7) is 3.54. The average molecular weight is 463 g/mol. The summed E-state index contributed by atoms with van der Waals surface area (Å²) in [7, 11) is 3.86. The van der Waals surface area contributed by atoms with Crippen molar-refractivity contribution in [3.8, 4) is 11.3 Å². The van der Waals surface area contributed by atoms with E-state index in [4.69, 9.17) is 16.1 Å². The third-order valence-corrected chi connectivity index (χ3v) is 5.25. The van der Waals surface area contributed by atoms with E-state index in [0.717, 1.165) is 11.5 Å². The summed E-state index contributed by atoms with van der Waals surface area (Å²) in [5, 5.41) is 10.7. The molecule has 0 aliphatic rings. The summed E-state index contributed by atoms with van der Waals surface area (Å²) in [5.74, 6) is 2.26. The highest BCUT2D eigenvalue weighted by atomic mass is 35.5. The van der Waals surface area contributed by atoms with Crippen LogP contribution in [0.3, 0.4) is 0 Å². The van der Waals surface area contributed by atoms with Crippen molar-refractivity contribution in [3.05, 3.63) is 76.8 Å². The molecule has 9 heteroatoms. The molecule has 0 bridgehead atoms. The van der Waals surface area contributed by atoms with E-state index in [2.05, 4.69) is 25.8 Å². The Morgan fingerprint density at radius 3 is 2.39 bits per heavy atom. The van der Waals surface area contributed by atoms with Gasteiger partial charge in [0.25, 0.3) is 5.91 Å². The van der Waals surface area contributed by atoms with Crippen molar-refractivity contribution in [2.75, 3.05) is 29.6 Å². The molecule has 0 aliphatic heterocycles. The van der Waals surface area contributed by atoms with E-state index >= 15 is 0 Å². The Bertz CT molecular complexity index is 1300. The first-order valence-corrected chi connectivity index (χ1v) is 10.6. The van der Waals surface area contributed by atoms with Gasteiger partial charge in [-0.2, -0.15) is 0 Å². The molecule has 4 aromatic rings. The predicted molar refractivity (Wildman–Crippen MR) is 130 cm³/mol. The van der Waals surface area contributed by atoms with Crippen molar-refractivity contribution in [1.29, 1.82) is 0 Å². The van der Waals surface area contributed by atoms with Gasteiger partial charge in [0.1, 0.15) is 34.5 Å². The van der Waals surface area contributed by atoms with Crippen LogP contribution in [-0.2, 0) is 0 Å². The van der Waals surface area contributed by atoms with E-state index in [1.807, 2.05) is 56.3 Å². The fraction of sp³-hybridized carbons (Fsp3) is 0.167. The molecule has 8 nitrogen and oxygen atoms in total. The lowest BCUT2D eigenvalue weighted by Gasteiger charge is -2.14. The molecule has 1 amide bonds. The second kappa shape index (κ2) is 9.30. The normalized spacial score (nSPS) is 10.7. The number of benzene rings is 2. The topological polar surface area (TPSA) is 96.2 Å². The van der Waals surface area contributed by atoms with E-state index in [9.17, 15) is 4.79 Å². The van der Waals surface area contributed by atoms with Crippen molar-refractivity contribution >= 4 is 40.5 Å². The van der Waals surface area contributed by atoms with E-state index < -0.39 is 0 Å². The number of carbonyl (C=O) groups excluding carboxylic acids is 1. The Hall–Kier alpha value is -3.91. The molecular formula is C24H23ClN6O2. The number of nitrogens with one attached hydrogen (secondary N) is 2. The first kappa shape index (κ1) is 22.3. The highest BCUT2D eigenvalue weighted by Crippen LogP contribution is 2.31. The summed E-state index contributed by atoms with van der Waals surface area (Å²) in [6, 6.07) is 16.4. The minimum Gasteiger partial charge on any atom is -0.363 e. The van der Waals surface area contributed by atoms with Gasteiger partial charge in [0.05, 0.1) is 5.02 Å². The van der Waals surface area contributed by atoms with Crippen molar-refractivity contribution in [2.24, 2.45) is 0 Å². The largest absolute Gasteiger partial charge is 0.363 e. The van der Waals surface area contributed by atoms with E-state index in [-0.39, 0.29) is 5.91 Å². The molecular weight excluding hydrogens is 440 g/mol. The highest BCUT2D eigenvalue weighted by Gasteiger charge is 2.23. The van der Waals surface area contributed by atoms with E-state index in [1.165, 1.54) is 0 Å². The molecule has 0 spiro atoms. The number of anilines is 4. The van der Waals surface area contributed by atoms with Gasteiger partial charge >= 0.3 is 0 Å². The Kier molecular flexibility index (Phi) is 6.28. The number of hydrogen-bond acceptors (Lipinski definition) is 7. The number of halogens is 1. The lowest BCUT2D eigenvalue weighted by atomic mass is 10.1. The highest BCUT2D eigenvalue weighted by molar-refractivity contribution is 6.33. The van der Waals surface area contributed by atoms with Gasteiger partial charge in [0, 0.05) is 37.1 Å². The summed E-state index contributed by atoms with van der Waals surface area (Å²) in [5.41, 5.74) is 2.85. The van der Waals surface area contributed by atoms with Crippen LogP contribution in [0.1, 0.15) is 21.9 Å². The summed E-state index contributed by atoms with van der Waals surface area (Å²) < 4.78 is 5.29. The van der Waals surface area contributed by atoms with Gasteiger partial charge in [-0.1, -0.05) is 35.0 Å². The Labute approximate surface area is 196 Å². The van der Waals surface area contributed by atoms with Crippen LogP contribution in [0.2, 0.25) is 5.02 Å². The third-order valence-electron chi connectivity index (χ3n) is 4.92. The third kappa shape index (κ3) is 4.96. The van der Waals surface area contributed by atoms with Crippen molar-refractivity contribution in [1.82, 2.24) is 15.1 Å². The maximum atomic E-state index is 13.0. The molecule has 2 heterocycles. The molecule has 4 rings (SSSR count). The molecule has 0 aliphatic carbocycles. The maximum Gasteiger partial charge on any atom is 0.261 e. The fourth-order valence-corrected chi connectivity index (χ4v) is 3.53. The minimum atomic E-state index is -0.327. The zero-order chi connectivity index (χ0) is 23.5. The molecule has 0 radical (unpaired) electrons. The SMILES string of the molecule is Cc1nc(Nc2ccc(NC(=O)c3c(-c4ccccc4Cl)noc3C)cc2)cc(N(C)C)n1. The van der Waals surface area contributed by atoms with Crippen LogP contribution in [0.25, 0.3) is 11.3 Å². The standard InChI is InChI=1S/C24H23ClN6O2/c1-14-22(23(30-33-14)18-7-5-6-8-19(18)25)24(32)29-17-11-9-16(10-12-17)28-20-13-21(31(3)4)27-15(2)26-20/h5-13H,1-4H3,(H,29,32)(H,26,27,28). The smallest absolute Gasteiger partial charge is 0.261 e. The van der Waals surface area contributed by atoms with Gasteiger partial charge in [0.15, 0.2) is 0 Å². The lowest BCUT2D eigenvalue weighted by Crippen LogP contribution is -2.13. The molecule has 2 N–H and O–H groups in total. The number of aryl methyl sites for hydroxylation is 2. The predicted octanol–water partition coefficient (Wildman–Crippen LogP) is 5.46. The second-order valence-electron chi connectivity index (χ2n) is 7.65. The molecule has 0 saturated carbocycles. The monoisotopic (exact) mass is 462 g/mol. The Morgan fingerprint density at radius 2 is 1.70 bits per heavy atom. The second-order valence-corrected chi connectivity index (χ2v) is 8.06. The summed E-state index contributed by atoms with van der Waals surface area (Å²) >= 11 is 6.29. The first-order chi connectivity index (χ1) is 15.8. The molecule has 168 valence electrons. The molecule has 0 unspecified atom stereocenters. The maximum absolute atomic E-state index is 13.0. The van der Waals surface area contributed by atoms with Crippen molar-refractivity contribution < 1.29 is 9.32 Å². The molecule has 2 aromatic carbocycles. The Balaban J connectivity index is 1.51. The van der Waals surface area contributed by atoms with Gasteiger partial charge in [-0.25, -0.2) is 9.97 Å². The number of carbonyl (C=O) groups is 1. The molecule has 33 heavy (non-hydrogen) atoms. The fourth-order valence-electron chi connectivity index (χ4n) is 3.30. The summed E-state index contributed by atoms with van der Waals surface area (Å²) in [4.78, 5) is 23.8. The van der Waals surface area contributed by atoms with Gasteiger partial charge < -0.3 is 20.1 Å². The van der Waals surface area contributed by atoms with E-state index in [1.54, 1.807) is 31.2 Å². The number of aromatic nitrogens is 3. The van der Waals surface area contributed by atoms with Crippen LogP contribution in [0.5, 0.6) is 0 Å². The quantitative estimate of drug-likeness (QED) is 0.392. The first-order valence-electron chi connectivity index (χ1n) is 10.2. The molecule has 0 atom stereocenters. The summed E-state index contributed by atoms with van der Waals surface area (Å²) in [6.07, 6.45) is 0. The van der Waals surface area contributed by atoms with Crippen LogP contribution in [-0.4, -0.2) is 35.1 Å². The van der Waals surface area contributed by atoms with Crippen LogP contribution in [0.15, 0.2) is 59.1 Å². The van der Waals surface area contributed by atoms with Crippen molar-refractivity contribution in [3.63, 3.8) is 0 Å². The van der Waals surface area contributed by atoms with Crippen LogP contribution in [0.4, 0.5) is 23.0 Å². The molecule has 2 aromatic heterocycles. The van der Waals surface area contributed by atoms with Crippen LogP contribution < -0.4 is 15.5 Å². The number of nitrogens with zero attached hydrogens (tertiary/aromatic N) is 4. The zero-order valence-electron chi connectivity index (χ0n) is 18.7. The zero-order valence-corrected chi connectivity index (χ0v) is 19.4. The van der Waals surface area contributed by atoms with Gasteiger partial charge in [0.2, 0.25) is 0 Å². The number of hydrogen-bond donors (Lipinski definition) is 2. The minimum absolute atomic E-state index is 0.327. The van der Waals surface area contributed by atoms with Crippen LogP contribution in [0, 0.1) is 13.8 Å². The number of amides is 1.